The van der Waals surface area contributed by atoms with Gasteiger partial charge in [-0.15, -0.1) is 0 Å². The third kappa shape index (κ3) is 3.67. The summed E-state index contributed by atoms with van der Waals surface area (Å²) >= 11 is 0. The first-order chi connectivity index (χ1) is 8.56. The molecule has 0 saturated carbocycles. The van der Waals surface area contributed by atoms with Crippen LogP contribution in [0.3, 0.4) is 0 Å². The Morgan fingerprint density at radius 3 is 2.44 bits per heavy atom. The molecule has 0 aliphatic carbocycles. The van der Waals surface area contributed by atoms with E-state index < -0.39 is 0 Å². The molecule has 2 aliphatic rings. The third-order valence-corrected chi connectivity index (χ3v) is 4.62. The van der Waals surface area contributed by atoms with Crippen molar-refractivity contribution in [2.75, 3.05) is 60.9 Å². The SMILES string of the molecule is CN1CCNC(CC(C2CCN(C)C2)N(C)C)C1. The lowest BCUT2D eigenvalue weighted by Gasteiger charge is -2.37. The zero-order valence-corrected chi connectivity index (χ0v) is 12.5. The molecule has 0 bridgehead atoms. The van der Waals surface area contributed by atoms with E-state index in [1.54, 1.807) is 0 Å². The van der Waals surface area contributed by atoms with Gasteiger partial charge in [-0.05, 0) is 53.5 Å². The smallest absolute Gasteiger partial charge is 0.0210 e. The van der Waals surface area contributed by atoms with E-state index in [4.69, 9.17) is 0 Å². The van der Waals surface area contributed by atoms with E-state index in [2.05, 4.69) is 48.2 Å². The second-order valence-electron chi connectivity index (χ2n) is 6.49. The van der Waals surface area contributed by atoms with Crippen LogP contribution in [-0.2, 0) is 0 Å². The van der Waals surface area contributed by atoms with Gasteiger partial charge in [-0.2, -0.15) is 0 Å². The van der Waals surface area contributed by atoms with Crippen molar-refractivity contribution in [2.24, 2.45) is 5.92 Å². The van der Waals surface area contributed by atoms with Crippen molar-refractivity contribution < 1.29 is 0 Å². The normalized spacial score (nSPS) is 33.2. The van der Waals surface area contributed by atoms with Crippen LogP contribution in [-0.4, -0.2) is 87.7 Å². The minimum atomic E-state index is 0.669. The molecule has 2 heterocycles. The summed E-state index contributed by atoms with van der Waals surface area (Å²) in [5, 5.41) is 3.69. The highest BCUT2D eigenvalue weighted by atomic mass is 15.2. The first-order valence-corrected chi connectivity index (χ1v) is 7.33. The fourth-order valence-corrected chi connectivity index (χ4v) is 3.55. The average molecular weight is 254 g/mol. The molecule has 2 rings (SSSR count). The lowest BCUT2D eigenvalue weighted by Crippen LogP contribution is -2.52. The predicted molar refractivity (Wildman–Crippen MR) is 77.0 cm³/mol. The van der Waals surface area contributed by atoms with Crippen molar-refractivity contribution in [3.8, 4) is 0 Å². The Labute approximate surface area is 112 Å². The van der Waals surface area contributed by atoms with Crippen LogP contribution in [0.5, 0.6) is 0 Å². The maximum absolute atomic E-state index is 3.69. The summed E-state index contributed by atoms with van der Waals surface area (Å²) in [6.45, 7) is 6.08. The fraction of sp³-hybridized carbons (Fsp3) is 1.00. The van der Waals surface area contributed by atoms with Gasteiger partial charge in [0, 0.05) is 38.3 Å². The fourth-order valence-electron chi connectivity index (χ4n) is 3.55. The van der Waals surface area contributed by atoms with Crippen LogP contribution in [0.2, 0.25) is 0 Å². The number of hydrogen-bond donors (Lipinski definition) is 1. The van der Waals surface area contributed by atoms with Gasteiger partial charge in [0.15, 0.2) is 0 Å². The molecule has 2 fully saturated rings. The Kier molecular flexibility index (Phi) is 5.01. The molecule has 0 aromatic rings. The zero-order valence-electron chi connectivity index (χ0n) is 12.5. The molecule has 4 nitrogen and oxygen atoms in total. The number of piperazine rings is 1. The largest absolute Gasteiger partial charge is 0.311 e. The summed E-state index contributed by atoms with van der Waals surface area (Å²) in [5.74, 6) is 0.846. The summed E-state index contributed by atoms with van der Waals surface area (Å²) in [7, 11) is 8.98. The van der Waals surface area contributed by atoms with Crippen molar-refractivity contribution in [2.45, 2.75) is 24.9 Å². The van der Waals surface area contributed by atoms with Crippen LogP contribution in [0.15, 0.2) is 0 Å². The molecular formula is C14H30N4. The van der Waals surface area contributed by atoms with Crippen molar-refractivity contribution in [1.29, 1.82) is 0 Å². The topological polar surface area (TPSA) is 21.8 Å². The van der Waals surface area contributed by atoms with Crippen LogP contribution >= 0.6 is 0 Å². The molecule has 0 radical (unpaired) electrons. The Hall–Kier alpha value is -0.160. The number of likely N-dealkylation sites (N-methyl/N-ethyl adjacent to an activating group) is 1. The van der Waals surface area contributed by atoms with Gasteiger partial charge in [-0.25, -0.2) is 0 Å². The molecule has 0 aromatic carbocycles. The quantitative estimate of drug-likeness (QED) is 0.771. The molecule has 3 atom stereocenters. The van der Waals surface area contributed by atoms with Gasteiger partial charge < -0.3 is 20.0 Å². The van der Waals surface area contributed by atoms with Crippen LogP contribution < -0.4 is 5.32 Å². The van der Waals surface area contributed by atoms with E-state index in [0.29, 0.717) is 6.04 Å². The molecule has 0 spiro atoms. The van der Waals surface area contributed by atoms with Gasteiger partial charge >= 0.3 is 0 Å². The Morgan fingerprint density at radius 1 is 1.17 bits per heavy atom. The molecule has 4 heteroatoms. The summed E-state index contributed by atoms with van der Waals surface area (Å²) in [6.07, 6.45) is 2.65. The summed E-state index contributed by atoms with van der Waals surface area (Å²) in [5.41, 5.74) is 0. The Morgan fingerprint density at radius 2 is 1.89 bits per heavy atom. The standard InChI is InChI=1S/C14H30N4/c1-16(2)14(12-5-7-17(3)10-12)9-13-11-18(4)8-6-15-13/h12-15H,5-11H2,1-4H3. The maximum Gasteiger partial charge on any atom is 0.0210 e. The van der Waals surface area contributed by atoms with Crippen LogP contribution in [0, 0.1) is 5.92 Å². The summed E-state index contributed by atoms with van der Waals surface area (Å²) in [6, 6.07) is 1.39. The first kappa shape index (κ1) is 14.3. The van der Waals surface area contributed by atoms with Crippen LogP contribution in [0.4, 0.5) is 0 Å². The number of rotatable bonds is 4. The minimum Gasteiger partial charge on any atom is -0.311 e. The van der Waals surface area contributed by atoms with Gasteiger partial charge in [-0.1, -0.05) is 0 Å². The van der Waals surface area contributed by atoms with E-state index in [-0.39, 0.29) is 0 Å². The lowest BCUT2D eigenvalue weighted by molar-refractivity contribution is 0.152. The van der Waals surface area contributed by atoms with Crippen LogP contribution in [0.25, 0.3) is 0 Å². The van der Waals surface area contributed by atoms with Gasteiger partial charge in [0.25, 0.3) is 0 Å². The number of nitrogens with one attached hydrogen (secondary N) is 1. The Balaban J connectivity index is 1.89. The second-order valence-corrected chi connectivity index (χ2v) is 6.49. The molecule has 106 valence electrons. The number of nitrogens with zero attached hydrogens (tertiary/aromatic N) is 3. The highest BCUT2D eigenvalue weighted by Gasteiger charge is 2.31. The molecule has 2 aliphatic heterocycles. The molecule has 0 aromatic heterocycles. The molecule has 18 heavy (non-hydrogen) atoms. The third-order valence-electron chi connectivity index (χ3n) is 4.62. The van der Waals surface area contributed by atoms with E-state index in [9.17, 15) is 0 Å². The number of likely N-dealkylation sites (tertiary alicyclic amines) is 1. The van der Waals surface area contributed by atoms with Crippen molar-refractivity contribution in [3.05, 3.63) is 0 Å². The number of hydrogen-bond acceptors (Lipinski definition) is 4. The zero-order chi connectivity index (χ0) is 13.1. The van der Waals surface area contributed by atoms with Crippen LogP contribution in [0.1, 0.15) is 12.8 Å². The van der Waals surface area contributed by atoms with E-state index in [0.717, 1.165) is 18.5 Å². The molecular weight excluding hydrogens is 224 g/mol. The van der Waals surface area contributed by atoms with Crippen molar-refractivity contribution in [1.82, 2.24) is 20.0 Å². The molecule has 3 unspecified atom stereocenters. The van der Waals surface area contributed by atoms with Gasteiger partial charge in [0.2, 0.25) is 0 Å². The average Bonchev–Trinajstić information content (AvgIpc) is 2.72. The van der Waals surface area contributed by atoms with Crippen molar-refractivity contribution in [3.63, 3.8) is 0 Å². The predicted octanol–water partition coefficient (Wildman–Crippen LogP) is 0.162. The minimum absolute atomic E-state index is 0.669. The van der Waals surface area contributed by atoms with E-state index in [1.807, 2.05) is 0 Å². The van der Waals surface area contributed by atoms with E-state index >= 15 is 0 Å². The van der Waals surface area contributed by atoms with Gasteiger partial charge in [-0.3, -0.25) is 0 Å². The van der Waals surface area contributed by atoms with E-state index in [1.165, 1.54) is 39.0 Å². The highest BCUT2D eigenvalue weighted by molar-refractivity contribution is 4.89. The Bertz CT molecular complexity index is 256. The monoisotopic (exact) mass is 254 g/mol. The van der Waals surface area contributed by atoms with Crippen molar-refractivity contribution >= 4 is 0 Å². The first-order valence-electron chi connectivity index (χ1n) is 7.33. The highest BCUT2D eigenvalue weighted by Crippen LogP contribution is 2.24. The second kappa shape index (κ2) is 6.33. The lowest BCUT2D eigenvalue weighted by atomic mass is 9.91. The summed E-state index contributed by atoms with van der Waals surface area (Å²) in [4.78, 5) is 7.37. The molecule has 2 saturated heterocycles. The molecule has 0 amide bonds. The maximum atomic E-state index is 3.69. The van der Waals surface area contributed by atoms with Gasteiger partial charge in [0.05, 0.1) is 0 Å². The van der Waals surface area contributed by atoms with Gasteiger partial charge in [0.1, 0.15) is 0 Å². The summed E-state index contributed by atoms with van der Waals surface area (Å²) < 4.78 is 0. The molecule has 1 N–H and O–H groups in total.